The maximum absolute atomic E-state index is 12.3. The molecule has 0 bridgehead atoms. The Morgan fingerprint density at radius 3 is 2.85 bits per heavy atom. The van der Waals surface area contributed by atoms with Crippen molar-refractivity contribution in [1.29, 1.82) is 0 Å². The molecule has 1 aliphatic rings. The SMILES string of the molecule is Cc1cccc(OCCOC(=O)CN2C(=O)CCOc3ccccc32)c1. The quantitative estimate of drug-likeness (QED) is 0.589. The Labute approximate surface area is 152 Å². The normalized spacial score (nSPS) is 13.4. The molecule has 2 aromatic rings. The average Bonchev–Trinajstić information content (AvgIpc) is 2.78. The summed E-state index contributed by atoms with van der Waals surface area (Å²) in [6.45, 7) is 2.50. The van der Waals surface area contributed by atoms with Crippen LogP contribution in [0.4, 0.5) is 5.69 Å². The zero-order valence-corrected chi connectivity index (χ0v) is 14.6. The van der Waals surface area contributed by atoms with Crippen molar-refractivity contribution < 1.29 is 23.8 Å². The van der Waals surface area contributed by atoms with Crippen LogP contribution >= 0.6 is 0 Å². The zero-order chi connectivity index (χ0) is 18.4. The molecule has 0 spiro atoms. The number of carbonyl (C=O) groups excluding carboxylic acids is 2. The smallest absolute Gasteiger partial charge is 0.326 e. The second-order valence-electron chi connectivity index (χ2n) is 5.93. The van der Waals surface area contributed by atoms with Gasteiger partial charge in [0.1, 0.15) is 31.3 Å². The van der Waals surface area contributed by atoms with Crippen molar-refractivity contribution in [3.8, 4) is 11.5 Å². The minimum atomic E-state index is -0.483. The molecule has 0 N–H and O–H groups in total. The predicted octanol–water partition coefficient (Wildman–Crippen LogP) is 2.73. The predicted molar refractivity (Wildman–Crippen MR) is 96.5 cm³/mol. The van der Waals surface area contributed by atoms with Crippen molar-refractivity contribution in [2.45, 2.75) is 13.3 Å². The number of anilines is 1. The minimum absolute atomic E-state index is 0.118. The van der Waals surface area contributed by atoms with Gasteiger partial charge in [-0.25, -0.2) is 0 Å². The van der Waals surface area contributed by atoms with Crippen LogP contribution in [0, 0.1) is 6.92 Å². The van der Waals surface area contributed by atoms with Crippen molar-refractivity contribution >= 4 is 17.6 Å². The molecule has 0 atom stereocenters. The number of hydrogen-bond acceptors (Lipinski definition) is 5. The van der Waals surface area contributed by atoms with E-state index in [2.05, 4.69) is 0 Å². The van der Waals surface area contributed by atoms with Gasteiger partial charge in [-0.3, -0.25) is 14.5 Å². The van der Waals surface area contributed by atoms with Crippen LogP contribution in [0.3, 0.4) is 0 Å². The largest absolute Gasteiger partial charge is 0.491 e. The van der Waals surface area contributed by atoms with Gasteiger partial charge in [0.2, 0.25) is 5.91 Å². The van der Waals surface area contributed by atoms with E-state index in [1.807, 2.05) is 37.3 Å². The van der Waals surface area contributed by atoms with Gasteiger partial charge in [-0.2, -0.15) is 0 Å². The molecule has 0 fully saturated rings. The molecule has 1 heterocycles. The molecule has 6 nitrogen and oxygen atoms in total. The summed E-state index contributed by atoms with van der Waals surface area (Å²) in [5.41, 5.74) is 1.68. The van der Waals surface area contributed by atoms with Crippen LogP contribution in [0.15, 0.2) is 48.5 Å². The van der Waals surface area contributed by atoms with Crippen LogP contribution in [-0.2, 0) is 14.3 Å². The average molecular weight is 355 g/mol. The maximum Gasteiger partial charge on any atom is 0.326 e. The summed E-state index contributed by atoms with van der Waals surface area (Å²) in [4.78, 5) is 25.8. The fraction of sp³-hybridized carbons (Fsp3) is 0.300. The lowest BCUT2D eigenvalue weighted by molar-refractivity contribution is -0.143. The third-order valence-electron chi connectivity index (χ3n) is 3.92. The van der Waals surface area contributed by atoms with Gasteiger partial charge in [-0.1, -0.05) is 24.3 Å². The number of esters is 1. The van der Waals surface area contributed by atoms with Gasteiger partial charge in [0, 0.05) is 0 Å². The molecule has 0 saturated carbocycles. The van der Waals surface area contributed by atoms with Crippen molar-refractivity contribution in [2.75, 3.05) is 31.3 Å². The third kappa shape index (κ3) is 4.53. The Morgan fingerprint density at radius 2 is 2.00 bits per heavy atom. The number of benzene rings is 2. The third-order valence-corrected chi connectivity index (χ3v) is 3.92. The molecule has 1 aliphatic heterocycles. The monoisotopic (exact) mass is 355 g/mol. The van der Waals surface area contributed by atoms with Crippen LogP contribution in [0.1, 0.15) is 12.0 Å². The Balaban J connectivity index is 1.52. The molecule has 0 aliphatic carbocycles. The molecule has 2 aromatic carbocycles. The second kappa shape index (κ2) is 8.38. The number of aryl methyl sites for hydroxylation is 1. The van der Waals surface area contributed by atoms with E-state index in [0.29, 0.717) is 18.0 Å². The molecule has 0 aromatic heterocycles. The second-order valence-corrected chi connectivity index (χ2v) is 5.93. The van der Waals surface area contributed by atoms with Gasteiger partial charge in [-0.05, 0) is 36.8 Å². The van der Waals surface area contributed by atoms with E-state index < -0.39 is 5.97 Å². The van der Waals surface area contributed by atoms with Crippen molar-refractivity contribution in [3.05, 3.63) is 54.1 Å². The van der Waals surface area contributed by atoms with Crippen LogP contribution < -0.4 is 14.4 Å². The van der Waals surface area contributed by atoms with Crippen LogP contribution in [0.25, 0.3) is 0 Å². The molecule has 3 rings (SSSR count). The first-order chi connectivity index (χ1) is 12.6. The maximum atomic E-state index is 12.3. The van der Waals surface area contributed by atoms with Crippen LogP contribution in [0.2, 0.25) is 0 Å². The topological polar surface area (TPSA) is 65.1 Å². The fourth-order valence-corrected chi connectivity index (χ4v) is 2.69. The molecular weight excluding hydrogens is 334 g/mol. The van der Waals surface area contributed by atoms with Gasteiger partial charge in [0.25, 0.3) is 0 Å². The van der Waals surface area contributed by atoms with Crippen LogP contribution in [-0.4, -0.2) is 38.2 Å². The van der Waals surface area contributed by atoms with E-state index in [0.717, 1.165) is 11.3 Å². The Hall–Kier alpha value is -3.02. The summed E-state index contributed by atoms with van der Waals surface area (Å²) < 4.78 is 16.3. The molecule has 0 radical (unpaired) electrons. The van der Waals surface area contributed by atoms with E-state index in [9.17, 15) is 9.59 Å². The first kappa shape index (κ1) is 17.8. The highest BCUT2D eigenvalue weighted by Crippen LogP contribution is 2.30. The number of carbonyl (C=O) groups is 2. The van der Waals surface area contributed by atoms with Crippen molar-refractivity contribution in [3.63, 3.8) is 0 Å². The highest BCUT2D eigenvalue weighted by molar-refractivity contribution is 5.99. The van der Waals surface area contributed by atoms with Gasteiger partial charge in [-0.15, -0.1) is 0 Å². The summed E-state index contributed by atoms with van der Waals surface area (Å²) in [6.07, 6.45) is 0.221. The molecule has 0 saturated heterocycles. The fourth-order valence-electron chi connectivity index (χ4n) is 2.69. The van der Waals surface area contributed by atoms with Gasteiger partial charge >= 0.3 is 5.97 Å². The van der Waals surface area contributed by atoms with Gasteiger partial charge in [0.15, 0.2) is 0 Å². The number of hydrogen-bond donors (Lipinski definition) is 0. The summed E-state index contributed by atoms with van der Waals surface area (Å²) in [6, 6.07) is 14.8. The summed E-state index contributed by atoms with van der Waals surface area (Å²) in [7, 11) is 0. The number of rotatable bonds is 6. The summed E-state index contributed by atoms with van der Waals surface area (Å²) in [5, 5.41) is 0. The zero-order valence-electron chi connectivity index (χ0n) is 14.6. The number of para-hydroxylation sites is 2. The lowest BCUT2D eigenvalue weighted by Crippen LogP contribution is -2.36. The number of fused-ring (bicyclic) bond motifs is 1. The van der Waals surface area contributed by atoms with Gasteiger partial charge < -0.3 is 14.2 Å². The lowest BCUT2D eigenvalue weighted by Gasteiger charge is -2.20. The molecule has 0 unspecified atom stereocenters. The summed E-state index contributed by atoms with van der Waals surface area (Å²) >= 11 is 0. The summed E-state index contributed by atoms with van der Waals surface area (Å²) in [5.74, 6) is 0.676. The highest BCUT2D eigenvalue weighted by Gasteiger charge is 2.25. The van der Waals surface area contributed by atoms with Gasteiger partial charge in [0.05, 0.1) is 18.7 Å². The number of amides is 1. The van der Waals surface area contributed by atoms with E-state index >= 15 is 0 Å². The molecule has 6 heteroatoms. The van der Waals surface area contributed by atoms with Crippen LogP contribution in [0.5, 0.6) is 11.5 Å². The Kier molecular flexibility index (Phi) is 5.73. The standard InChI is InChI=1S/C20H21NO5/c1-15-5-4-6-16(13-15)24-11-12-26-20(23)14-21-17-7-2-3-8-18(17)25-10-9-19(21)22/h2-8,13H,9-12,14H2,1H3. The lowest BCUT2D eigenvalue weighted by atomic mass is 10.2. The molecular formula is C20H21NO5. The Morgan fingerprint density at radius 1 is 1.15 bits per heavy atom. The van der Waals surface area contributed by atoms with Crippen molar-refractivity contribution in [2.24, 2.45) is 0 Å². The van der Waals surface area contributed by atoms with E-state index in [1.54, 1.807) is 18.2 Å². The number of ether oxygens (including phenoxy) is 3. The van der Waals surface area contributed by atoms with Crippen molar-refractivity contribution in [1.82, 2.24) is 0 Å². The molecule has 136 valence electrons. The van der Waals surface area contributed by atoms with E-state index in [1.165, 1.54) is 4.90 Å². The minimum Gasteiger partial charge on any atom is -0.491 e. The first-order valence-electron chi connectivity index (χ1n) is 8.51. The molecule has 1 amide bonds. The first-order valence-corrected chi connectivity index (χ1v) is 8.51. The van der Waals surface area contributed by atoms with E-state index in [4.69, 9.17) is 14.2 Å². The number of nitrogens with zero attached hydrogens (tertiary/aromatic N) is 1. The Bertz CT molecular complexity index is 789. The molecule has 26 heavy (non-hydrogen) atoms. The highest BCUT2D eigenvalue weighted by atomic mass is 16.6. The van der Waals surface area contributed by atoms with E-state index in [-0.39, 0.29) is 32.1 Å².